The number of nitrogens with two attached hydrogens (primary N) is 1. The predicted molar refractivity (Wildman–Crippen MR) is 50.1 cm³/mol. The largest absolute Gasteiger partial charge is 0.378 e. The maximum Gasteiger partial charge on any atom is 0.250 e. The highest BCUT2D eigenvalue weighted by Gasteiger charge is 2.15. The van der Waals surface area contributed by atoms with Crippen molar-refractivity contribution in [2.75, 3.05) is 0 Å². The van der Waals surface area contributed by atoms with E-state index >= 15 is 0 Å². The molecule has 1 rings (SSSR count). The Bertz CT molecular complexity index is 334. The lowest BCUT2D eigenvalue weighted by atomic mass is 9.99. The number of hydrogen-bond donors (Lipinski definition) is 2. The van der Waals surface area contributed by atoms with Crippen molar-refractivity contribution in [3.05, 3.63) is 34.9 Å². The number of primary amides is 1. The van der Waals surface area contributed by atoms with E-state index in [1.54, 1.807) is 12.1 Å². The van der Waals surface area contributed by atoms with Crippen molar-refractivity contribution in [1.82, 2.24) is 0 Å². The normalized spacial score (nSPS) is 12.5. The van der Waals surface area contributed by atoms with E-state index in [0.717, 1.165) is 11.1 Å². The third kappa shape index (κ3) is 1.87. The van der Waals surface area contributed by atoms with Gasteiger partial charge in [-0.3, -0.25) is 4.79 Å². The van der Waals surface area contributed by atoms with Crippen molar-refractivity contribution in [3.8, 4) is 0 Å². The van der Waals surface area contributed by atoms with E-state index in [1.807, 2.05) is 19.9 Å². The summed E-state index contributed by atoms with van der Waals surface area (Å²) in [6, 6.07) is 5.42. The van der Waals surface area contributed by atoms with Crippen LogP contribution in [-0.2, 0) is 4.79 Å². The SMILES string of the molecule is Cc1cccc(C(O)C(N)=O)c1C. The number of carbonyl (C=O) groups is 1. The number of amides is 1. The van der Waals surface area contributed by atoms with Gasteiger partial charge in [0.05, 0.1) is 0 Å². The van der Waals surface area contributed by atoms with Crippen LogP contribution in [0.1, 0.15) is 22.8 Å². The molecule has 13 heavy (non-hydrogen) atoms. The zero-order chi connectivity index (χ0) is 10.0. The molecule has 1 amide bonds. The minimum atomic E-state index is -1.19. The second-order valence-corrected chi connectivity index (χ2v) is 3.09. The first-order valence-electron chi connectivity index (χ1n) is 4.07. The molecule has 0 radical (unpaired) electrons. The molecule has 1 aromatic rings. The zero-order valence-electron chi connectivity index (χ0n) is 7.74. The molecule has 0 saturated heterocycles. The van der Waals surface area contributed by atoms with E-state index in [0.29, 0.717) is 5.56 Å². The van der Waals surface area contributed by atoms with Crippen LogP contribution in [0.3, 0.4) is 0 Å². The van der Waals surface area contributed by atoms with Gasteiger partial charge in [0.2, 0.25) is 0 Å². The molecule has 0 aliphatic carbocycles. The maximum atomic E-state index is 10.7. The molecule has 0 heterocycles. The Morgan fingerprint density at radius 2 is 2.08 bits per heavy atom. The maximum absolute atomic E-state index is 10.7. The molecule has 3 heteroatoms. The smallest absolute Gasteiger partial charge is 0.250 e. The average Bonchev–Trinajstić information content (AvgIpc) is 2.08. The predicted octanol–water partition coefficient (Wildman–Crippen LogP) is 0.822. The molecule has 1 unspecified atom stereocenters. The van der Waals surface area contributed by atoms with Crippen molar-refractivity contribution in [2.24, 2.45) is 5.73 Å². The van der Waals surface area contributed by atoms with E-state index in [-0.39, 0.29) is 0 Å². The molecule has 0 spiro atoms. The fourth-order valence-corrected chi connectivity index (χ4v) is 1.22. The van der Waals surface area contributed by atoms with E-state index in [1.165, 1.54) is 0 Å². The Morgan fingerprint density at radius 1 is 1.46 bits per heavy atom. The quantitative estimate of drug-likeness (QED) is 0.706. The van der Waals surface area contributed by atoms with Gasteiger partial charge in [0.25, 0.3) is 5.91 Å². The van der Waals surface area contributed by atoms with Crippen LogP contribution in [0.25, 0.3) is 0 Å². The number of aliphatic hydroxyl groups is 1. The highest BCUT2D eigenvalue weighted by Crippen LogP contribution is 2.19. The van der Waals surface area contributed by atoms with E-state index in [9.17, 15) is 9.90 Å². The fraction of sp³-hybridized carbons (Fsp3) is 0.300. The van der Waals surface area contributed by atoms with Crippen LogP contribution in [0.15, 0.2) is 18.2 Å². The molecule has 0 fully saturated rings. The first-order valence-corrected chi connectivity index (χ1v) is 4.07. The second-order valence-electron chi connectivity index (χ2n) is 3.09. The molecule has 0 bridgehead atoms. The number of aryl methyl sites for hydroxylation is 1. The van der Waals surface area contributed by atoms with Gasteiger partial charge in [0.1, 0.15) is 0 Å². The van der Waals surface area contributed by atoms with Gasteiger partial charge in [-0.1, -0.05) is 18.2 Å². The fourth-order valence-electron chi connectivity index (χ4n) is 1.22. The lowest BCUT2D eigenvalue weighted by molar-refractivity contribution is -0.126. The number of rotatable bonds is 2. The summed E-state index contributed by atoms with van der Waals surface area (Å²) in [5.41, 5.74) is 7.54. The van der Waals surface area contributed by atoms with Crippen LogP contribution < -0.4 is 5.73 Å². The highest BCUT2D eigenvalue weighted by molar-refractivity contribution is 5.80. The summed E-state index contributed by atoms with van der Waals surface area (Å²) in [6.07, 6.45) is -1.19. The Balaban J connectivity index is 3.15. The van der Waals surface area contributed by atoms with Gasteiger partial charge in [0.15, 0.2) is 6.10 Å². The number of carbonyl (C=O) groups excluding carboxylic acids is 1. The molecule has 0 aliphatic rings. The number of benzene rings is 1. The van der Waals surface area contributed by atoms with Crippen molar-refractivity contribution in [2.45, 2.75) is 20.0 Å². The zero-order valence-corrected chi connectivity index (χ0v) is 7.74. The summed E-state index contributed by atoms with van der Waals surface area (Å²) in [5.74, 6) is -0.714. The molecule has 3 nitrogen and oxygen atoms in total. The topological polar surface area (TPSA) is 63.3 Å². The van der Waals surface area contributed by atoms with Crippen LogP contribution in [0.4, 0.5) is 0 Å². The standard InChI is InChI=1S/C10H13NO2/c1-6-4-3-5-8(7(6)2)9(12)10(11)13/h3-5,9,12H,1-2H3,(H2,11,13). The van der Waals surface area contributed by atoms with Crippen LogP contribution in [0, 0.1) is 13.8 Å². The van der Waals surface area contributed by atoms with Crippen LogP contribution in [0.5, 0.6) is 0 Å². The second kappa shape index (κ2) is 3.58. The number of aliphatic hydroxyl groups excluding tert-OH is 1. The molecule has 1 atom stereocenters. The Hall–Kier alpha value is -1.35. The molecule has 70 valence electrons. The van der Waals surface area contributed by atoms with Gasteiger partial charge in [-0.25, -0.2) is 0 Å². The first-order chi connectivity index (χ1) is 6.04. The number of hydrogen-bond acceptors (Lipinski definition) is 2. The molecule has 0 aliphatic heterocycles. The third-order valence-corrected chi connectivity index (χ3v) is 2.21. The summed E-state index contributed by atoms with van der Waals surface area (Å²) >= 11 is 0. The molecular formula is C10H13NO2. The first kappa shape index (κ1) is 9.74. The van der Waals surface area contributed by atoms with Crippen molar-refractivity contribution >= 4 is 5.91 Å². The van der Waals surface area contributed by atoms with Gasteiger partial charge in [0, 0.05) is 0 Å². The van der Waals surface area contributed by atoms with E-state index in [4.69, 9.17) is 5.73 Å². The Kier molecular flexibility index (Phi) is 2.68. The van der Waals surface area contributed by atoms with Gasteiger partial charge in [-0.15, -0.1) is 0 Å². The van der Waals surface area contributed by atoms with Crippen molar-refractivity contribution in [3.63, 3.8) is 0 Å². The minimum Gasteiger partial charge on any atom is -0.378 e. The highest BCUT2D eigenvalue weighted by atomic mass is 16.3. The molecule has 1 aromatic carbocycles. The summed E-state index contributed by atoms with van der Waals surface area (Å²) in [4.78, 5) is 10.7. The van der Waals surface area contributed by atoms with Crippen LogP contribution >= 0.6 is 0 Å². The minimum absolute atomic E-state index is 0.590. The van der Waals surface area contributed by atoms with Crippen molar-refractivity contribution in [1.29, 1.82) is 0 Å². The van der Waals surface area contributed by atoms with Crippen LogP contribution in [0.2, 0.25) is 0 Å². The van der Waals surface area contributed by atoms with Gasteiger partial charge in [-0.2, -0.15) is 0 Å². The Morgan fingerprint density at radius 3 is 2.62 bits per heavy atom. The molecule has 0 aromatic heterocycles. The van der Waals surface area contributed by atoms with Crippen molar-refractivity contribution < 1.29 is 9.90 Å². The third-order valence-electron chi connectivity index (χ3n) is 2.21. The monoisotopic (exact) mass is 179 g/mol. The lowest BCUT2D eigenvalue weighted by Gasteiger charge is -2.11. The molecule has 0 saturated carbocycles. The summed E-state index contributed by atoms with van der Waals surface area (Å²) in [7, 11) is 0. The summed E-state index contributed by atoms with van der Waals surface area (Å²) < 4.78 is 0. The Labute approximate surface area is 77.2 Å². The van der Waals surface area contributed by atoms with E-state index in [2.05, 4.69) is 0 Å². The summed E-state index contributed by atoms with van der Waals surface area (Å²) in [6.45, 7) is 3.78. The summed E-state index contributed by atoms with van der Waals surface area (Å²) in [5, 5.41) is 9.43. The molecular weight excluding hydrogens is 166 g/mol. The lowest BCUT2D eigenvalue weighted by Crippen LogP contribution is -2.21. The van der Waals surface area contributed by atoms with Crippen LogP contribution in [-0.4, -0.2) is 11.0 Å². The molecule has 3 N–H and O–H groups in total. The van der Waals surface area contributed by atoms with Gasteiger partial charge < -0.3 is 10.8 Å². The van der Waals surface area contributed by atoms with Gasteiger partial charge >= 0.3 is 0 Å². The van der Waals surface area contributed by atoms with Gasteiger partial charge in [-0.05, 0) is 30.5 Å². The van der Waals surface area contributed by atoms with E-state index < -0.39 is 12.0 Å². The average molecular weight is 179 g/mol.